The van der Waals surface area contributed by atoms with Gasteiger partial charge in [-0.15, -0.1) is 0 Å². The number of hydrogen-bond acceptors (Lipinski definition) is 5. The first-order valence-electron chi connectivity index (χ1n) is 10.8. The second-order valence-corrected chi connectivity index (χ2v) is 8.07. The Bertz CT molecular complexity index is 995. The van der Waals surface area contributed by atoms with Gasteiger partial charge in [-0.3, -0.25) is 9.69 Å². The van der Waals surface area contributed by atoms with Crippen LogP contribution in [0.1, 0.15) is 18.1 Å². The molecule has 1 aliphatic rings. The molecular weight excluding hydrogens is 392 g/mol. The average Bonchev–Trinajstić information content (AvgIpc) is 3.20. The van der Waals surface area contributed by atoms with Crippen LogP contribution >= 0.6 is 0 Å². The van der Waals surface area contributed by atoms with Gasteiger partial charge in [0, 0.05) is 49.2 Å². The van der Waals surface area contributed by atoms with Gasteiger partial charge in [-0.2, -0.15) is 0 Å². The molecule has 1 aromatic heterocycles. The van der Waals surface area contributed by atoms with Crippen molar-refractivity contribution in [1.29, 1.82) is 0 Å². The van der Waals surface area contributed by atoms with E-state index in [0.29, 0.717) is 13.0 Å². The van der Waals surface area contributed by atoms with Gasteiger partial charge in [0.1, 0.15) is 11.3 Å². The fraction of sp³-hybridized carbons (Fsp3) is 0.400. The minimum Gasteiger partial charge on any atom is -0.497 e. The number of carbonyl (C=O) groups excluding carboxylic acids is 1. The lowest BCUT2D eigenvalue weighted by Gasteiger charge is -2.35. The summed E-state index contributed by atoms with van der Waals surface area (Å²) in [5, 5.41) is 0.953. The zero-order chi connectivity index (χ0) is 21.6. The molecule has 0 N–H and O–H groups in total. The van der Waals surface area contributed by atoms with Crippen molar-refractivity contribution < 1.29 is 18.7 Å². The van der Waals surface area contributed by atoms with E-state index in [1.807, 2.05) is 41.3 Å². The van der Waals surface area contributed by atoms with Crippen molar-refractivity contribution in [3.8, 4) is 5.75 Å². The maximum Gasteiger partial charge on any atom is 0.227 e. The molecule has 6 heteroatoms. The number of furan rings is 1. The number of carbonyl (C=O) groups is 1. The molecule has 1 amide bonds. The van der Waals surface area contributed by atoms with E-state index in [1.165, 1.54) is 0 Å². The molecule has 0 aliphatic carbocycles. The molecule has 31 heavy (non-hydrogen) atoms. The number of hydrogen-bond donors (Lipinski definition) is 0. The number of morpholine rings is 1. The molecule has 2 heterocycles. The van der Waals surface area contributed by atoms with Crippen LogP contribution in [0.2, 0.25) is 0 Å². The van der Waals surface area contributed by atoms with Crippen molar-refractivity contribution in [2.45, 2.75) is 25.9 Å². The molecule has 0 spiro atoms. The maximum absolute atomic E-state index is 13.5. The zero-order valence-electron chi connectivity index (χ0n) is 18.3. The lowest BCUT2D eigenvalue weighted by atomic mass is 10.1. The number of rotatable bonds is 8. The standard InChI is InChI=1S/C25H30N2O4/c1-19(16-26-10-12-30-13-11-26)27(17-20-6-4-3-5-7-20)25(28)14-21-18-31-24-15-22(29-2)8-9-23(21)24/h3-9,15,18-19H,10-14,16-17H2,1-2H3. The molecule has 0 saturated carbocycles. The highest BCUT2D eigenvalue weighted by Gasteiger charge is 2.24. The van der Waals surface area contributed by atoms with E-state index in [0.717, 1.165) is 60.7 Å². The van der Waals surface area contributed by atoms with E-state index in [1.54, 1.807) is 13.4 Å². The van der Waals surface area contributed by atoms with Gasteiger partial charge in [0.2, 0.25) is 5.91 Å². The van der Waals surface area contributed by atoms with Gasteiger partial charge in [-0.1, -0.05) is 30.3 Å². The third-order valence-corrected chi connectivity index (χ3v) is 5.88. The van der Waals surface area contributed by atoms with Crippen LogP contribution in [-0.2, 0) is 22.5 Å². The van der Waals surface area contributed by atoms with Crippen molar-refractivity contribution >= 4 is 16.9 Å². The summed E-state index contributed by atoms with van der Waals surface area (Å²) in [5.41, 5.74) is 2.77. The Morgan fingerprint density at radius 3 is 2.68 bits per heavy atom. The quantitative estimate of drug-likeness (QED) is 0.554. The molecule has 0 radical (unpaired) electrons. The Hall–Kier alpha value is -2.83. The van der Waals surface area contributed by atoms with Crippen LogP contribution < -0.4 is 4.74 Å². The second kappa shape index (κ2) is 9.98. The summed E-state index contributed by atoms with van der Waals surface area (Å²) in [6.45, 7) is 6.89. The molecule has 164 valence electrons. The second-order valence-electron chi connectivity index (χ2n) is 8.07. The number of fused-ring (bicyclic) bond motifs is 1. The van der Waals surface area contributed by atoms with E-state index in [4.69, 9.17) is 13.9 Å². The molecule has 2 aromatic carbocycles. The first kappa shape index (κ1) is 21.4. The molecular formula is C25H30N2O4. The Morgan fingerprint density at radius 2 is 1.94 bits per heavy atom. The van der Waals surface area contributed by atoms with E-state index >= 15 is 0 Å². The van der Waals surface area contributed by atoms with Crippen LogP contribution in [0.25, 0.3) is 11.0 Å². The summed E-state index contributed by atoms with van der Waals surface area (Å²) in [7, 11) is 1.63. The zero-order valence-corrected chi connectivity index (χ0v) is 18.3. The van der Waals surface area contributed by atoms with Gasteiger partial charge < -0.3 is 18.8 Å². The summed E-state index contributed by atoms with van der Waals surface area (Å²) >= 11 is 0. The highest BCUT2D eigenvalue weighted by atomic mass is 16.5. The third-order valence-electron chi connectivity index (χ3n) is 5.88. The van der Waals surface area contributed by atoms with Crippen LogP contribution in [0.4, 0.5) is 0 Å². The molecule has 1 aliphatic heterocycles. The Morgan fingerprint density at radius 1 is 1.16 bits per heavy atom. The maximum atomic E-state index is 13.5. The van der Waals surface area contributed by atoms with Gasteiger partial charge >= 0.3 is 0 Å². The number of methoxy groups -OCH3 is 1. The fourth-order valence-electron chi connectivity index (χ4n) is 4.12. The Balaban J connectivity index is 1.52. The number of amides is 1. The normalized spacial score (nSPS) is 15.7. The topological polar surface area (TPSA) is 55.2 Å². The third kappa shape index (κ3) is 5.27. The van der Waals surface area contributed by atoms with Gasteiger partial charge in [0.05, 0.1) is 33.0 Å². The number of ether oxygens (including phenoxy) is 2. The SMILES string of the molecule is COc1ccc2c(CC(=O)N(Cc3ccccc3)C(C)CN3CCOCC3)coc2c1. The predicted octanol–water partition coefficient (Wildman–Crippen LogP) is 3.73. The number of nitrogens with zero attached hydrogens (tertiary/aromatic N) is 2. The first-order valence-corrected chi connectivity index (χ1v) is 10.8. The Kier molecular flexibility index (Phi) is 6.89. The van der Waals surface area contributed by atoms with Crippen LogP contribution in [0, 0.1) is 0 Å². The smallest absolute Gasteiger partial charge is 0.227 e. The van der Waals surface area contributed by atoms with Gasteiger partial charge in [-0.25, -0.2) is 0 Å². The molecule has 1 saturated heterocycles. The van der Waals surface area contributed by atoms with E-state index < -0.39 is 0 Å². The van der Waals surface area contributed by atoms with Crippen molar-refractivity contribution in [1.82, 2.24) is 9.80 Å². The van der Waals surface area contributed by atoms with Crippen molar-refractivity contribution in [2.75, 3.05) is 40.0 Å². The largest absolute Gasteiger partial charge is 0.497 e. The monoisotopic (exact) mass is 422 g/mol. The van der Waals surface area contributed by atoms with Gasteiger partial charge in [0.15, 0.2) is 0 Å². The molecule has 1 unspecified atom stereocenters. The van der Waals surface area contributed by atoms with Gasteiger partial charge in [0.25, 0.3) is 0 Å². The van der Waals surface area contributed by atoms with Crippen LogP contribution in [-0.4, -0.2) is 61.7 Å². The fourth-order valence-corrected chi connectivity index (χ4v) is 4.12. The first-order chi connectivity index (χ1) is 15.1. The van der Waals surface area contributed by atoms with E-state index in [-0.39, 0.29) is 11.9 Å². The molecule has 4 rings (SSSR count). The summed E-state index contributed by atoms with van der Waals surface area (Å²) in [5.74, 6) is 0.840. The molecule has 1 fully saturated rings. The molecule has 0 bridgehead atoms. The minimum absolute atomic E-state index is 0.0871. The van der Waals surface area contributed by atoms with Crippen molar-refractivity contribution in [3.05, 3.63) is 65.9 Å². The van der Waals surface area contributed by atoms with Crippen LogP contribution in [0.15, 0.2) is 59.2 Å². The molecule has 6 nitrogen and oxygen atoms in total. The molecule has 1 atom stereocenters. The number of benzene rings is 2. The minimum atomic E-state index is 0.0871. The van der Waals surface area contributed by atoms with Crippen LogP contribution in [0.3, 0.4) is 0 Å². The summed E-state index contributed by atoms with van der Waals surface area (Å²) in [6.07, 6.45) is 1.99. The average molecular weight is 423 g/mol. The van der Waals surface area contributed by atoms with Gasteiger partial charge in [-0.05, 0) is 24.6 Å². The highest BCUT2D eigenvalue weighted by Crippen LogP contribution is 2.26. The van der Waals surface area contributed by atoms with Crippen molar-refractivity contribution in [3.63, 3.8) is 0 Å². The van der Waals surface area contributed by atoms with Crippen molar-refractivity contribution in [2.24, 2.45) is 0 Å². The lowest BCUT2D eigenvalue weighted by molar-refractivity contribution is -0.133. The lowest BCUT2D eigenvalue weighted by Crippen LogP contribution is -2.48. The molecule has 3 aromatic rings. The highest BCUT2D eigenvalue weighted by molar-refractivity contribution is 5.88. The van der Waals surface area contributed by atoms with E-state index in [2.05, 4.69) is 24.0 Å². The Labute approximate surface area is 183 Å². The summed E-state index contributed by atoms with van der Waals surface area (Å²) in [6, 6.07) is 16.0. The summed E-state index contributed by atoms with van der Waals surface area (Å²) < 4.78 is 16.4. The summed E-state index contributed by atoms with van der Waals surface area (Å²) in [4.78, 5) is 17.8. The van der Waals surface area contributed by atoms with Crippen LogP contribution in [0.5, 0.6) is 5.75 Å². The van der Waals surface area contributed by atoms with E-state index in [9.17, 15) is 4.79 Å². The predicted molar refractivity (Wildman–Crippen MR) is 120 cm³/mol.